The van der Waals surface area contributed by atoms with Crippen molar-refractivity contribution in [2.24, 2.45) is 0 Å². The smallest absolute Gasteiger partial charge is 0.129 e. The fourth-order valence-electron chi connectivity index (χ4n) is 2.00. The minimum atomic E-state index is 0.561. The normalized spacial score (nSPS) is 10.7. The Morgan fingerprint density at radius 3 is 2.22 bits per heavy atom. The lowest BCUT2D eigenvalue weighted by atomic mass is 10.2. The van der Waals surface area contributed by atoms with E-state index in [-0.39, 0.29) is 0 Å². The molecule has 1 heterocycles. The Bertz CT molecular complexity index is 344. The molecule has 0 atom stereocenters. The molecule has 0 aliphatic rings. The average molecular weight is 269 g/mol. The minimum Gasteiger partial charge on any atom is -0.357 e. The van der Waals surface area contributed by atoms with Gasteiger partial charge in [0, 0.05) is 24.7 Å². The summed E-state index contributed by atoms with van der Waals surface area (Å²) >= 11 is 5.94. The quantitative estimate of drug-likeness (QED) is 0.644. The first-order valence-electron chi connectivity index (χ1n) is 6.99. The number of alkyl halides is 1. The molecule has 3 heteroatoms. The first-order valence-corrected chi connectivity index (χ1v) is 7.53. The van der Waals surface area contributed by atoms with Gasteiger partial charge in [-0.3, -0.25) is 0 Å². The van der Waals surface area contributed by atoms with Crippen molar-refractivity contribution in [3.8, 4) is 0 Å². The number of anilines is 1. The molecule has 0 radical (unpaired) electrons. The van der Waals surface area contributed by atoms with E-state index in [0.29, 0.717) is 5.88 Å². The summed E-state index contributed by atoms with van der Waals surface area (Å²) in [6, 6.07) is 4.19. The van der Waals surface area contributed by atoms with Crippen LogP contribution in [0.1, 0.15) is 50.8 Å². The highest BCUT2D eigenvalue weighted by molar-refractivity contribution is 6.17. The zero-order valence-corrected chi connectivity index (χ0v) is 12.6. The van der Waals surface area contributed by atoms with E-state index < -0.39 is 0 Å². The molecular weight excluding hydrogens is 244 g/mol. The maximum absolute atomic E-state index is 5.94. The van der Waals surface area contributed by atoms with E-state index in [1.54, 1.807) is 0 Å². The van der Waals surface area contributed by atoms with Crippen molar-refractivity contribution in [3.05, 3.63) is 23.4 Å². The molecule has 0 N–H and O–H groups in total. The lowest BCUT2D eigenvalue weighted by molar-refractivity contribution is 0.670. The van der Waals surface area contributed by atoms with Crippen LogP contribution in [-0.2, 0) is 5.88 Å². The number of hydrogen-bond donors (Lipinski definition) is 0. The summed E-state index contributed by atoms with van der Waals surface area (Å²) in [7, 11) is 0. The van der Waals surface area contributed by atoms with Gasteiger partial charge in [0.2, 0.25) is 0 Å². The molecule has 0 fully saturated rings. The number of rotatable bonds is 8. The molecule has 0 saturated carbocycles. The summed E-state index contributed by atoms with van der Waals surface area (Å²) in [5, 5.41) is 0. The monoisotopic (exact) mass is 268 g/mol. The van der Waals surface area contributed by atoms with Crippen molar-refractivity contribution < 1.29 is 0 Å². The number of aromatic nitrogens is 1. The lowest BCUT2D eigenvalue weighted by Crippen LogP contribution is -2.26. The molecule has 18 heavy (non-hydrogen) atoms. The van der Waals surface area contributed by atoms with E-state index in [1.165, 1.54) is 25.7 Å². The van der Waals surface area contributed by atoms with Gasteiger partial charge in [0.25, 0.3) is 0 Å². The van der Waals surface area contributed by atoms with Crippen molar-refractivity contribution in [3.63, 3.8) is 0 Å². The number of aryl methyl sites for hydroxylation is 1. The summed E-state index contributed by atoms with van der Waals surface area (Å²) in [6.45, 7) is 8.68. The summed E-state index contributed by atoms with van der Waals surface area (Å²) in [5.41, 5.74) is 2.22. The van der Waals surface area contributed by atoms with E-state index in [4.69, 9.17) is 11.6 Å². The fraction of sp³-hybridized carbons (Fsp3) is 0.667. The van der Waals surface area contributed by atoms with Crippen molar-refractivity contribution >= 4 is 17.4 Å². The van der Waals surface area contributed by atoms with Gasteiger partial charge in [0.1, 0.15) is 5.82 Å². The Hall–Kier alpha value is -0.760. The number of halogens is 1. The summed E-state index contributed by atoms with van der Waals surface area (Å²) in [5.74, 6) is 1.65. The van der Waals surface area contributed by atoms with Gasteiger partial charge in [-0.05, 0) is 37.5 Å². The molecule has 0 amide bonds. The molecular formula is C15H25ClN2. The van der Waals surface area contributed by atoms with Gasteiger partial charge >= 0.3 is 0 Å². The van der Waals surface area contributed by atoms with E-state index in [9.17, 15) is 0 Å². The van der Waals surface area contributed by atoms with E-state index in [2.05, 4.69) is 35.9 Å². The van der Waals surface area contributed by atoms with Crippen LogP contribution in [0.25, 0.3) is 0 Å². The maximum Gasteiger partial charge on any atom is 0.129 e. The van der Waals surface area contributed by atoms with Gasteiger partial charge in [-0.15, -0.1) is 11.6 Å². The minimum absolute atomic E-state index is 0.561. The lowest BCUT2D eigenvalue weighted by Gasteiger charge is -2.24. The molecule has 1 aromatic rings. The van der Waals surface area contributed by atoms with Crippen LogP contribution in [0.15, 0.2) is 12.1 Å². The van der Waals surface area contributed by atoms with Gasteiger partial charge in [0.05, 0.1) is 0 Å². The summed E-state index contributed by atoms with van der Waals surface area (Å²) in [6.07, 6.45) is 4.87. The van der Waals surface area contributed by atoms with Crippen LogP contribution in [0.2, 0.25) is 0 Å². The van der Waals surface area contributed by atoms with Crippen molar-refractivity contribution in [1.82, 2.24) is 4.98 Å². The molecule has 102 valence electrons. The van der Waals surface area contributed by atoms with Crippen LogP contribution in [-0.4, -0.2) is 18.1 Å². The Labute approximate surface area is 116 Å². The largest absolute Gasteiger partial charge is 0.357 e. The van der Waals surface area contributed by atoms with Crippen molar-refractivity contribution in [2.75, 3.05) is 18.0 Å². The SMILES string of the molecule is CCCCN(CCCC)c1cc(CCl)cc(C)n1. The standard InChI is InChI=1S/C15H25ClN2/c1-4-6-8-18(9-7-5-2)15-11-14(12-16)10-13(3)17-15/h10-11H,4-9,12H2,1-3H3. The van der Waals surface area contributed by atoms with Crippen LogP contribution in [0.4, 0.5) is 5.82 Å². The Kier molecular flexibility index (Phi) is 7.11. The average Bonchev–Trinajstić information content (AvgIpc) is 2.38. The van der Waals surface area contributed by atoms with Crippen molar-refractivity contribution in [2.45, 2.75) is 52.3 Å². The van der Waals surface area contributed by atoms with Crippen LogP contribution in [0.5, 0.6) is 0 Å². The third-order valence-electron chi connectivity index (χ3n) is 3.04. The van der Waals surface area contributed by atoms with Crippen LogP contribution in [0.3, 0.4) is 0 Å². The van der Waals surface area contributed by atoms with Crippen LogP contribution in [0, 0.1) is 6.92 Å². The van der Waals surface area contributed by atoms with Gasteiger partial charge in [-0.1, -0.05) is 26.7 Å². The van der Waals surface area contributed by atoms with E-state index >= 15 is 0 Å². The highest BCUT2D eigenvalue weighted by atomic mass is 35.5. The van der Waals surface area contributed by atoms with Crippen LogP contribution < -0.4 is 4.90 Å². The second kappa shape index (κ2) is 8.36. The predicted molar refractivity (Wildman–Crippen MR) is 80.6 cm³/mol. The second-order valence-corrected chi connectivity index (χ2v) is 5.07. The molecule has 0 spiro atoms. The third-order valence-corrected chi connectivity index (χ3v) is 3.35. The van der Waals surface area contributed by atoms with Crippen molar-refractivity contribution in [1.29, 1.82) is 0 Å². The molecule has 0 saturated heterocycles. The Balaban J connectivity index is 2.84. The first-order chi connectivity index (χ1) is 8.71. The Morgan fingerprint density at radius 2 is 1.72 bits per heavy atom. The van der Waals surface area contributed by atoms with Gasteiger partial charge in [-0.25, -0.2) is 4.98 Å². The number of pyridine rings is 1. The molecule has 1 aromatic heterocycles. The Morgan fingerprint density at radius 1 is 1.11 bits per heavy atom. The molecule has 0 unspecified atom stereocenters. The van der Waals surface area contributed by atoms with Gasteiger partial charge < -0.3 is 4.90 Å². The molecule has 0 aliphatic heterocycles. The highest BCUT2D eigenvalue weighted by Crippen LogP contribution is 2.17. The fourth-order valence-corrected chi connectivity index (χ4v) is 2.15. The summed E-state index contributed by atoms with van der Waals surface area (Å²) < 4.78 is 0. The van der Waals surface area contributed by atoms with Crippen LogP contribution >= 0.6 is 11.6 Å². The zero-order chi connectivity index (χ0) is 13.4. The maximum atomic E-state index is 5.94. The highest BCUT2D eigenvalue weighted by Gasteiger charge is 2.08. The third kappa shape index (κ3) is 4.85. The second-order valence-electron chi connectivity index (χ2n) is 4.80. The van der Waals surface area contributed by atoms with E-state index in [0.717, 1.165) is 30.2 Å². The molecule has 0 aromatic carbocycles. The number of hydrogen-bond acceptors (Lipinski definition) is 2. The van der Waals surface area contributed by atoms with Gasteiger partial charge in [-0.2, -0.15) is 0 Å². The first kappa shape index (κ1) is 15.3. The zero-order valence-electron chi connectivity index (χ0n) is 11.9. The molecule has 1 rings (SSSR count). The molecule has 2 nitrogen and oxygen atoms in total. The van der Waals surface area contributed by atoms with Gasteiger partial charge in [0.15, 0.2) is 0 Å². The topological polar surface area (TPSA) is 16.1 Å². The number of nitrogens with zero attached hydrogens (tertiary/aromatic N) is 2. The molecule has 0 aliphatic carbocycles. The number of unbranched alkanes of at least 4 members (excludes halogenated alkanes) is 2. The molecule has 0 bridgehead atoms. The predicted octanol–water partition coefficient (Wildman–Crippen LogP) is 4.54. The van der Waals surface area contributed by atoms with E-state index in [1.807, 2.05) is 6.92 Å². The summed E-state index contributed by atoms with van der Waals surface area (Å²) in [4.78, 5) is 7.05.